The predicted molar refractivity (Wildman–Crippen MR) is 89.4 cm³/mol. The fourth-order valence-electron chi connectivity index (χ4n) is 2.36. The number of halogens is 2. The lowest BCUT2D eigenvalue weighted by Crippen LogP contribution is -2.34. The van der Waals surface area contributed by atoms with Crippen LogP contribution in [0.1, 0.15) is 32.8 Å². The first-order valence-electron chi connectivity index (χ1n) is 7.09. The minimum Gasteiger partial charge on any atom is -0.480 e. The molecular formula is C16H19Cl2NO4. The number of benzene rings is 1. The normalized spacial score (nSPS) is 22.3. The van der Waals surface area contributed by atoms with Crippen LogP contribution >= 0.6 is 23.2 Å². The molecule has 0 bridgehead atoms. The van der Waals surface area contributed by atoms with E-state index in [0.717, 1.165) is 0 Å². The Kier molecular flexibility index (Phi) is 4.33. The number of hydrogen-bond donors (Lipinski definition) is 1. The van der Waals surface area contributed by atoms with Crippen LogP contribution in [0.3, 0.4) is 0 Å². The highest BCUT2D eigenvalue weighted by atomic mass is 35.5. The van der Waals surface area contributed by atoms with Crippen molar-refractivity contribution in [3.05, 3.63) is 29.8 Å². The van der Waals surface area contributed by atoms with Crippen LogP contribution in [0.25, 0.3) is 0 Å². The maximum atomic E-state index is 12.0. The van der Waals surface area contributed by atoms with E-state index in [1.807, 2.05) is 0 Å². The molecule has 0 heterocycles. The summed E-state index contributed by atoms with van der Waals surface area (Å²) in [6, 6.07) is 6.53. The molecular weight excluding hydrogens is 341 g/mol. The van der Waals surface area contributed by atoms with Crippen molar-refractivity contribution in [2.24, 2.45) is 0 Å². The van der Waals surface area contributed by atoms with E-state index in [0.29, 0.717) is 11.3 Å². The number of carboxylic acids is 1. The van der Waals surface area contributed by atoms with Gasteiger partial charge in [0.15, 0.2) is 0 Å². The number of alkyl halides is 2. The standard InChI is InChI=1S/C16H19Cl2NO4/c1-14(2,3)23-13(22)19(4)11-7-5-10(6-8-11)15(12(20)21)9-16(15,17)18/h5-8H,9H2,1-4H3,(H,20,21). The van der Waals surface area contributed by atoms with Gasteiger partial charge < -0.3 is 9.84 Å². The zero-order valence-electron chi connectivity index (χ0n) is 13.4. The third-order valence-corrected chi connectivity index (χ3v) is 4.68. The Hall–Kier alpha value is -1.46. The van der Waals surface area contributed by atoms with Crippen LogP contribution in [-0.2, 0) is 14.9 Å². The Bertz CT molecular complexity index is 636. The van der Waals surface area contributed by atoms with Gasteiger partial charge in [0.2, 0.25) is 0 Å². The number of hydrogen-bond acceptors (Lipinski definition) is 3. The first-order valence-corrected chi connectivity index (χ1v) is 7.85. The zero-order chi connectivity index (χ0) is 17.6. The molecule has 1 aliphatic rings. The molecule has 0 aromatic heterocycles. The number of amides is 1. The second-order valence-corrected chi connectivity index (χ2v) is 8.16. The number of carboxylic acid groups (broad SMARTS) is 1. The maximum absolute atomic E-state index is 12.0. The summed E-state index contributed by atoms with van der Waals surface area (Å²) in [7, 11) is 1.58. The zero-order valence-corrected chi connectivity index (χ0v) is 14.9. The quantitative estimate of drug-likeness (QED) is 0.829. The molecule has 126 valence electrons. The number of aliphatic carboxylic acids is 1. The average molecular weight is 360 g/mol. The highest BCUT2D eigenvalue weighted by molar-refractivity contribution is 6.54. The van der Waals surface area contributed by atoms with E-state index in [4.69, 9.17) is 27.9 Å². The summed E-state index contributed by atoms with van der Waals surface area (Å²) in [6.45, 7) is 5.35. The average Bonchev–Trinajstić information content (AvgIpc) is 3.01. The Balaban J connectivity index is 2.21. The van der Waals surface area contributed by atoms with Crippen LogP contribution in [0.2, 0.25) is 0 Å². The molecule has 2 rings (SSSR count). The molecule has 1 saturated carbocycles. The molecule has 0 radical (unpaired) electrons. The lowest BCUT2D eigenvalue weighted by Gasteiger charge is -2.25. The van der Waals surface area contributed by atoms with E-state index >= 15 is 0 Å². The van der Waals surface area contributed by atoms with Gasteiger partial charge >= 0.3 is 12.1 Å². The van der Waals surface area contributed by atoms with Crippen LogP contribution < -0.4 is 4.90 Å². The molecule has 1 amide bonds. The Labute approximate surface area is 145 Å². The molecule has 1 unspecified atom stereocenters. The molecule has 0 aliphatic heterocycles. The van der Waals surface area contributed by atoms with E-state index in [-0.39, 0.29) is 6.42 Å². The maximum Gasteiger partial charge on any atom is 0.414 e. The van der Waals surface area contributed by atoms with Gasteiger partial charge in [-0.15, -0.1) is 0 Å². The molecule has 5 nitrogen and oxygen atoms in total. The summed E-state index contributed by atoms with van der Waals surface area (Å²) >= 11 is 12.0. The van der Waals surface area contributed by atoms with Gasteiger partial charge in [-0.2, -0.15) is 0 Å². The molecule has 1 aromatic carbocycles. The molecule has 1 aromatic rings. The molecule has 1 N–H and O–H groups in total. The number of carbonyl (C=O) groups excluding carboxylic acids is 1. The van der Waals surface area contributed by atoms with E-state index in [1.165, 1.54) is 4.90 Å². The predicted octanol–water partition coefficient (Wildman–Crippen LogP) is 3.96. The van der Waals surface area contributed by atoms with Crippen LogP contribution in [0.15, 0.2) is 24.3 Å². The topological polar surface area (TPSA) is 66.8 Å². The van der Waals surface area contributed by atoms with Crippen molar-refractivity contribution in [1.29, 1.82) is 0 Å². The lowest BCUT2D eigenvalue weighted by molar-refractivity contribution is -0.140. The van der Waals surface area contributed by atoms with Gasteiger partial charge in [0, 0.05) is 19.2 Å². The first kappa shape index (κ1) is 17.9. The lowest BCUT2D eigenvalue weighted by atomic mass is 9.96. The second kappa shape index (κ2) is 5.56. The Morgan fingerprint density at radius 1 is 1.22 bits per heavy atom. The number of rotatable bonds is 3. The van der Waals surface area contributed by atoms with Gasteiger partial charge in [-0.1, -0.05) is 35.3 Å². The van der Waals surface area contributed by atoms with E-state index in [2.05, 4.69) is 0 Å². The molecule has 1 atom stereocenters. The highest BCUT2D eigenvalue weighted by Crippen LogP contribution is 2.65. The fourth-order valence-corrected chi connectivity index (χ4v) is 3.14. The summed E-state index contributed by atoms with van der Waals surface area (Å²) in [6.07, 6.45) is -0.340. The smallest absolute Gasteiger partial charge is 0.414 e. The third-order valence-electron chi connectivity index (χ3n) is 3.77. The largest absolute Gasteiger partial charge is 0.480 e. The molecule has 1 fully saturated rings. The molecule has 7 heteroatoms. The van der Waals surface area contributed by atoms with Gasteiger partial charge in [-0.05, 0) is 38.5 Å². The molecule has 23 heavy (non-hydrogen) atoms. The van der Waals surface area contributed by atoms with Crippen molar-refractivity contribution < 1.29 is 19.4 Å². The second-order valence-electron chi connectivity index (χ2n) is 6.68. The summed E-state index contributed by atoms with van der Waals surface area (Å²) in [5.41, 5.74) is -0.793. The molecule has 0 spiro atoms. The number of nitrogens with zero attached hydrogens (tertiary/aromatic N) is 1. The summed E-state index contributed by atoms with van der Waals surface area (Å²) in [4.78, 5) is 24.9. The van der Waals surface area contributed by atoms with Crippen molar-refractivity contribution >= 4 is 41.0 Å². The summed E-state index contributed by atoms with van der Waals surface area (Å²) in [5.74, 6) is -1.06. The summed E-state index contributed by atoms with van der Waals surface area (Å²) in [5, 5.41) is 9.43. The van der Waals surface area contributed by atoms with Crippen LogP contribution in [0.4, 0.5) is 10.5 Å². The van der Waals surface area contributed by atoms with Gasteiger partial charge in [0.05, 0.1) is 0 Å². The minimum atomic E-state index is -1.31. The minimum absolute atomic E-state index is 0.152. The SMILES string of the molecule is CN(C(=O)OC(C)(C)C)c1ccc(C2(C(=O)O)CC2(Cl)Cl)cc1. The number of anilines is 1. The summed E-state index contributed by atoms with van der Waals surface area (Å²) < 4.78 is 3.98. The number of carbonyl (C=O) groups is 2. The van der Waals surface area contributed by atoms with Crippen molar-refractivity contribution in [2.75, 3.05) is 11.9 Å². The first-order chi connectivity index (χ1) is 10.4. The third kappa shape index (κ3) is 3.26. The van der Waals surface area contributed by atoms with Crippen LogP contribution in [0.5, 0.6) is 0 Å². The molecule has 1 aliphatic carbocycles. The van der Waals surface area contributed by atoms with Crippen molar-refractivity contribution in [3.8, 4) is 0 Å². The van der Waals surface area contributed by atoms with Gasteiger partial charge in [0.25, 0.3) is 0 Å². The van der Waals surface area contributed by atoms with Gasteiger partial charge in [-0.25, -0.2) is 4.79 Å². The van der Waals surface area contributed by atoms with E-state index < -0.39 is 27.4 Å². The fraction of sp³-hybridized carbons (Fsp3) is 0.500. The molecule has 0 saturated heterocycles. The van der Waals surface area contributed by atoms with E-state index in [9.17, 15) is 14.7 Å². The van der Waals surface area contributed by atoms with Crippen molar-refractivity contribution in [2.45, 2.75) is 42.5 Å². The van der Waals surface area contributed by atoms with Crippen LogP contribution in [-0.4, -0.2) is 34.2 Å². The van der Waals surface area contributed by atoms with E-state index in [1.54, 1.807) is 52.1 Å². The highest BCUT2D eigenvalue weighted by Gasteiger charge is 2.72. The Morgan fingerprint density at radius 3 is 2.04 bits per heavy atom. The van der Waals surface area contributed by atoms with Crippen molar-refractivity contribution in [1.82, 2.24) is 0 Å². The van der Waals surface area contributed by atoms with Crippen molar-refractivity contribution in [3.63, 3.8) is 0 Å². The van der Waals surface area contributed by atoms with Gasteiger partial charge in [-0.3, -0.25) is 9.69 Å². The monoisotopic (exact) mass is 359 g/mol. The number of ether oxygens (including phenoxy) is 1. The van der Waals surface area contributed by atoms with Crippen LogP contribution in [0, 0.1) is 0 Å². The van der Waals surface area contributed by atoms with Gasteiger partial charge in [0.1, 0.15) is 15.3 Å². The Morgan fingerprint density at radius 2 is 1.70 bits per heavy atom.